The van der Waals surface area contributed by atoms with Gasteiger partial charge in [0.1, 0.15) is 18.1 Å². The second kappa shape index (κ2) is 15.8. The Labute approximate surface area is 199 Å². The molecule has 0 aromatic carbocycles. The number of carbonyl (C=O) groups excluding carboxylic acids is 3. The van der Waals surface area contributed by atoms with E-state index in [1.54, 1.807) is 0 Å². The molecule has 0 aliphatic heterocycles. The predicted octanol–water partition coefficient (Wildman–Crippen LogP) is -4.76. The van der Waals surface area contributed by atoms with E-state index in [-0.39, 0.29) is 25.3 Å². The molecule has 0 aliphatic carbocycles. The van der Waals surface area contributed by atoms with Crippen molar-refractivity contribution in [3.8, 4) is 0 Å². The summed E-state index contributed by atoms with van der Waals surface area (Å²) >= 11 is 0. The second-order valence-corrected chi connectivity index (χ2v) is 7.29. The zero-order chi connectivity index (χ0) is 27.1. The van der Waals surface area contributed by atoms with Crippen molar-refractivity contribution in [2.45, 2.75) is 56.3 Å². The molecule has 0 saturated carbocycles. The van der Waals surface area contributed by atoms with E-state index < -0.39 is 85.7 Å². The van der Waals surface area contributed by atoms with Gasteiger partial charge in [0.2, 0.25) is 17.7 Å². The molecule has 0 fully saturated rings. The SMILES string of the molecule is NC(N)=NCCCC(NC(=O)C(CO)NC(=O)C(CCC(=O)O)NC(=O)C(N)CC(=O)O)C(=O)O. The Balaban J connectivity index is 5.27. The summed E-state index contributed by atoms with van der Waals surface area (Å²) in [7, 11) is 0. The number of amides is 3. The first-order valence-electron chi connectivity index (χ1n) is 10.3. The van der Waals surface area contributed by atoms with Crippen LogP contribution in [0.3, 0.4) is 0 Å². The summed E-state index contributed by atoms with van der Waals surface area (Å²) in [6, 6.07) is -6.15. The average molecular weight is 505 g/mol. The molecule has 0 radical (unpaired) electrons. The minimum atomic E-state index is -1.65. The zero-order valence-electron chi connectivity index (χ0n) is 18.7. The molecule has 3 amide bonds. The molecule has 0 aromatic heterocycles. The zero-order valence-corrected chi connectivity index (χ0v) is 18.7. The third-order valence-electron chi connectivity index (χ3n) is 4.39. The number of nitrogens with one attached hydrogen (secondary N) is 3. The van der Waals surface area contributed by atoms with Crippen molar-refractivity contribution in [2.75, 3.05) is 13.2 Å². The van der Waals surface area contributed by atoms with Gasteiger partial charge in [-0.05, 0) is 19.3 Å². The van der Waals surface area contributed by atoms with Crippen LogP contribution in [-0.4, -0.2) is 99.3 Å². The first kappa shape index (κ1) is 31.0. The van der Waals surface area contributed by atoms with Gasteiger partial charge in [-0.1, -0.05) is 0 Å². The smallest absolute Gasteiger partial charge is 0.326 e. The lowest BCUT2D eigenvalue weighted by atomic mass is 10.1. The molecule has 0 heterocycles. The van der Waals surface area contributed by atoms with Gasteiger partial charge >= 0.3 is 17.9 Å². The highest BCUT2D eigenvalue weighted by Gasteiger charge is 2.30. The topological polar surface area (TPSA) is 310 Å². The predicted molar refractivity (Wildman–Crippen MR) is 118 cm³/mol. The molecule has 0 saturated heterocycles. The summed E-state index contributed by atoms with van der Waals surface area (Å²) in [6.07, 6.45) is -1.69. The monoisotopic (exact) mass is 505 g/mol. The van der Waals surface area contributed by atoms with E-state index in [4.69, 9.17) is 27.4 Å². The highest BCUT2D eigenvalue weighted by Crippen LogP contribution is 2.03. The number of nitrogens with two attached hydrogens (primary N) is 3. The molecular formula is C18H31N7O10. The summed E-state index contributed by atoms with van der Waals surface area (Å²) in [5.41, 5.74) is 15.8. The van der Waals surface area contributed by atoms with E-state index in [0.717, 1.165) is 0 Å². The summed E-state index contributed by atoms with van der Waals surface area (Å²) in [4.78, 5) is 73.7. The first-order valence-corrected chi connectivity index (χ1v) is 10.3. The molecule has 4 unspecified atom stereocenters. The number of hydrogen-bond acceptors (Lipinski definition) is 9. The Morgan fingerprint density at radius 1 is 0.771 bits per heavy atom. The maximum Gasteiger partial charge on any atom is 0.326 e. The Kier molecular flexibility index (Phi) is 14.0. The molecule has 0 spiro atoms. The highest BCUT2D eigenvalue weighted by atomic mass is 16.4. The number of guanidine groups is 1. The van der Waals surface area contributed by atoms with Crippen LogP contribution in [0.15, 0.2) is 4.99 Å². The van der Waals surface area contributed by atoms with Crippen LogP contribution in [-0.2, 0) is 28.8 Å². The Morgan fingerprint density at radius 3 is 1.80 bits per heavy atom. The minimum Gasteiger partial charge on any atom is -0.481 e. The lowest BCUT2D eigenvalue weighted by molar-refractivity contribution is -0.142. The third-order valence-corrected chi connectivity index (χ3v) is 4.39. The van der Waals surface area contributed by atoms with E-state index in [1.165, 1.54) is 0 Å². The molecule has 17 nitrogen and oxygen atoms in total. The van der Waals surface area contributed by atoms with Gasteiger partial charge in [0.05, 0.1) is 19.1 Å². The quantitative estimate of drug-likeness (QED) is 0.0504. The standard InChI is InChI=1S/C18H31N7O10/c19-8(6-13(29)30)14(31)23-9(3-4-12(27)28)15(32)25-11(7-26)16(33)24-10(17(34)35)2-1-5-22-18(20)21/h8-11,26H,1-7,19H2,(H,23,31)(H,24,33)(H,25,32)(H,27,28)(H,29,30)(H,34,35)(H4,20,21,22). The van der Waals surface area contributed by atoms with Crippen LogP contribution in [0, 0.1) is 0 Å². The van der Waals surface area contributed by atoms with Crippen molar-refractivity contribution in [3.63, 3.8) is 0 Å². The second-order valence-electron chi connectivity index (χ2n) is 7.29. The van der Waals surface area contributed by atoms with E-state index in [9.17, 15) is 39.0 Å². The minimum absolute atomic E-state index is 0.0806. The number of aliphatic hydroxyl groups excluding tert-OH is 1. The van der Waals surface area contributed by atoms with Crippen LogP contribution in [0.4, 0.5) is 0 Å². The molecule has 0 rings (SSSR count). The normalized spacial score (nSPS) is 13.9. The number of carboxylic acids is 3. The number of hydrogen-bond donors (Lipinski definition) is 10. The lowest BCUT2D eigenvalue weighted by Gasteiger charge is -2.24. The van der Waals surface area contributed by atoms with Crippen molar-refractivity contribution in [1.82, 2.24) is 16.0 Å². The van der Waals surface area contributed by atoms with Gasteiger partial charge in [-0.25, -0.2) is 4.79 Å². The number of carbonyl (C=O) groups is 6. The summed E-state index contributed by atoms with van der Waals surface area (Å²) < 4.78 is 0. The van der Waals surface area contributed by atoms with Gasteiger partial charge in [-0.3, -0.25) is 29.0 Å². The van der Waals surface area contributed by atoms with E-state index in [0.29, 0.717) is 0 Å². The van der Waals surface area contributed by atoms with Crippen molar-refractivity contribution < 1.29 is 49.2 Å². The number of aliphatic imine (C=N–C) groups is 1. The first-order chi connectivity index (χ1) is 16.3. The molecule has 35 heavy (non-hydrogen) atoms. The molecule has 0 aliphatic rings. The van der Waals surface area contributed by atoms with Crippen molar-refractivity contribution >= 4 is 41.6 Å². The fraction of sp³-hybridized carbons (Fsp3) is 0.611. The fourth-order valence-corrected chi connectivity index (χ4v) is 2.60. The van der Waals surface area contributed by atoms with Gasteiger partial charge in [-0.15, -0.1) is 0 Å². The van der Waals surface area contributed by atoms with Crippen LogP contribution in [0.25, 0.3) is 0 Å². The summed E-state index contributed by atoms with van der Waals surface area (Å²) in [5, 5.41) is 42.7. The highest BCUT2D eigenvalue weighted by molar-refractivity contribution is 5.95. The average Bonchev–Trinajstić information content (AvgIpc) is 2.75. The maximum atomic E-state index is 12.6. The summed E-state index contributed by atoms with van der Waals surface area (Å²) in [5.74, 6) is -7.51. The van der Waals surface area contributed by atoms with Crippen molar-refractivity contribution in [1.29, 1.82) is 0 Å². The van der Waals surface area contributed by atoms with Crippen LogP contribution in [0.1, 0.15) is 32.1 Å². The molecule has 4 atom stereocenters. The number of rotatable bonds is 17. The van der Waals surface area contributed by atoms with Crippen molar-refractivity contribution in [3.05, 3.63) is 0 Å². The fourth-order valence-electron chi connectivity index (χ4n) is 2.60. The van der Waals surface area contributed by atoms with Crippen LogP contribution >= 0.6 is 0 Å². The molecule has 0 bridgehead atoms. The summed E-state index contributed by atoms with van der Waals surface area (Å²) in [6.45, 7) is -0.868. The largest absolute Gasteiger partial charge is 0.481 e. The van der Waals surface area contributed by atoms with Crippen LogP contribution in [0.2, 0.25) is 0 Å². The van der Waals surface area contributed by atoms with Gasteiger partial charge < -0.3 is 53.6 Å². The van der Waals surface area contributed by atoms with Gasteiger partial charge in [-0.2, -0.15) is 0 Å². The number of carboxylic acid groups (broad SMARTS) is 3. The van der Waals surface area contributed by atoms with Crippen LogP contribution < -0.4 is 33.2 Å². The number of aliphatic hydroxyl groups is 1. The lowest BCUT2D eigenvalue weighted by Crippen LogP contribution is -2.58. The Morgan fingerprint density at radius 2 is 1.31 bits per heavy atom. The van der Waals surface area contributed by atoms with E-state index in [2.05, 4.69) is 20.9 Å². The third kappa shape index (κ3) is 13.3. The maximum absolute atomic E-state index is 12.6. The van der Waals surface area contributed by atoms with Gasteiger partial charge in [0.15, 0.2) is 5.96 Å². The van der Waals surface area contributed by atoms with Gasteiger partial charge in [0.25, 0.3) is 0 Å². The molecule has 0 aromatic rings. The molecule has 198 valence electrons. The Hall–Kier alpha value is -3.99. The van der Waals surface area contributed by atoms with E-state index in [1.807, 2.05) is 0 Å². The Bertz CT molecular complexity index is 815. The van der Waals surface area contributed by atoms with Gasteiger partial charge in [0, 0.05) is 13.0 Å². The molecular weight excluding hydrogens is 474 g/mol. The number of aliphatic carboxylic acids is 3. The van der Waals surface area contributed by atoms with Crippen LogP contribution in [0.5, 0.6) is 0 Å². The molecule has 13 N–H and O–H groups in total. The molecule has 17 heteroatoms. The number of nitrogens with zero attached hydrogens (tertiary/aromatic N) is 1. The van der Waals surface area contributed by atoms with E-state index >= 15 is 0 Å². The van der Waals surface area contributed by atoms with Crippen molar-refractivity contribution in [2.24, 2.45) is 22.2 Å².